The van der Waals surface area contributed by atoms with Crippen LogP contribution in [0.4, 0.5) is 18.9 Å². The fraction of sp³-hybridized carbons (Fsp3) is 0.182. The van der Waals surface area contributed by atoms with Crippen molar-refractivity contribution >= 4 is 17.2 Å². The van der Waals surface area contributed by atoms with E-state index in [-0.39, 0.29) is 11.4 Å². The number of carbonyl (C=O) groups excluding carboxylic acids is 1. The van der Waals surface area contributed by atoms with Crippen molar-refractivity contribution < 1.29 is 18.0 Å². The van der Waals surface area contributed by atoms with Gasteiger partial charge in [0.25, 0.3) is 5.91 Å². The normalized spacial score (nSPS) is 11.6. The molecule has 0 saturated heterocycles. The van der Waals surface area contributed by atoms with Crippen LogP contribution >= 0.6 is 0 Å². The second kappa shape index (κ2) is 7.82. The van der Waals surface area contributed by atoms with Crippen molar-refractivity contribution in [3.05, 3.63) is 77.2 Å². The molecule has 0 bridgehead atoms. The quantitative estimate of drug-likeness (QED) is 0.503. The molecule has 6 nitrogen and oxygen atoms in total. The molecule has 31 heavy (non-hydrogen) atoms. The molecular weight excluding hydrogens is 407 g/mol. The molecule has 0 aliphatic heterocycles. The summed E-state index contributed by atoms with van der Waals surface area (Å²) in [6.07, 6.45) is -3.97. The molecular formula is C22H18F3N5O. The van der Waals surface area contributed by atoms with E-state index < -0.39 is 17.6 Å². The number of rotatable bonds is 4. The van der Waals surface area contributed by atoms with Crippen LogP contribution in [0.3, 0.4) is 0 Å². The highest BCUT2D eigenvalue weighted by Crippen LogP contribution is 2.35. The van der Waals surface area contributed by atoms with Gasteiger partial charge < -0.3 is 5.32 Å². The van der Waals surface area contributed by atoms with Crippen molar-refractivity contribution in [2.75, 3.05) is 5.32 Å². The lowest BCUT2D eigenvalue weighted by Crippen LogP contribution is -2.20. The van der Waals surface area contributed by atoms with E-state index in [0.717, 1.165) is 22.9 Å². The Bertz CT molecular complexity index is 1270. The summed E-state index contributed by atoms with van der Waals surface area (Å²) >= 11 is 0. The molecule has 0 atom stereocenters. The largest absolute Gasteiger partial charge is 0.418 e. The minimum atomic E-state index is -4.60. The highest BCUT2D eigenvalue weighted by molar-refractivity contribution is 6.04. The Kier molecular flexibility index (Phi) is 5.18. The molecule has 4 rings (SSSR count). The van der Waals surface area contributed by atoms with Crippen LogP contribution in [0.15, 0.2) is 54.6 Å². The van der Waals surface area contributed by atoms with E-state index in [4.69, 9.17) is 0 Å². The van der Waals surface area contributed by atoms with Gasteiger partial charge >= 0.3 is 6.18 Å². The molecule has 2 aromatic heterocycles. The number of amides is 1. The number of alkyl halides is 3. The van der Waals surface area contributed by atoms with Gasteiger partial charge in [-0.05, 0) is 31.0 Å². The average molecular weight is 425 g/mol. The van der Waals surface area contributed by atoms with Crippen molar-refractivity contribution in [1.29, 1.82) is 0 Å². The number of benzene rings is 2. The van der Waals surface area contributed by atoms with Gasteiger partial charge in [-0.15, -0.1) is 10.2 Å². The predicted molar refractivity (Wildman–Crippen MR) is 110 cm³/mol. The van der Waals surface area contributed by atoms with Crippen molar-refractivity contribution in [3.8, 4) is 11.1 Å². The van der Waals surface area contributed by atoms with E-state index in [9.17, 15) is 18.0 Å². The molecule has 2 heterocycles. The van der Waals surface area contributed by atoms with Crippen LogP contribution in [-0.2, 0) is 12.6 Å². The van der Waals surface area contributed by atoms with E-state index in [1.165, 1.54) is 22.7 Å². The molecule has 4 aromatic rings. The standard InChI is InChI=1S/C22H18F3N5O/c1-3-16-18(14-9-5-4-6-10-14)20-28-27-19(13(2)30(20)29-16)21(31)26-17-12-8-7-11-15(17)22(23,24)25/h4-12H,3H2,1-2H3,(H,26,31). The Morgan fingerprint density at radius 2 is 1.71 bits per heavy atom. The Balaban J connectivity index is 1.77. The first kappa shape index (κ1) is 20.5. The van der Waals surface area contributed by atoms with Gasteiger partial charge in [0.05, 0.1) is 28.2 Å². The second-order valence-corrected chi connectivity index (χ2v) is 6.91. The minimum absolute atomic E-state index is 0.103. The summed E-state index contributed by atoms with van der Waals surface area (Å²) in [6.45, 7) is 3.59. The lowest BCUT2D eigenvalue weighted by atomic mass is 10.0. The Morgan fingerprint density at radius 3 is 2.39 bits per heavy atom. The fourth-order valence-corrected chi connectivity index (χ4v) is 3.43. The van der Waals surface area contributed by atoms with Gasteiger partial charge in [0.2, 0.25) is 0 Å². The molecule has 1 amide bonds. The summed E-state index contributed by atoms with van der Waals surface area (Å²) in [6, 6.07) is 14.3. The monoisotopic (exact) mass is 425 g/mol. The number of hydrogen-bond donors (Lipinski definition) is 1. The van der Waals surface area contributed by atoms with Crippen LogP contribution in [0.5, 0.6) is 0 Å². The molecule has 1 N–H and O–H groups in total. The van der Waals surface area contributed by atoms with Gasteiger partial charge in [-0.1, -0.05) is 49.4 Å². The molecule has 0 unspecified atom stereocenters. The SMILES string of the molecule is CCc1nn2c(C)c(C(=O)Nc3ccccc3C(F)(F)F)nnc2c1-c1ccccc1. The fourth-order valence-electron chi connectivity index (χ4n) is 3.43. The zero-order chi connectivity index (χ0) is 22.2. The van der Waals surface area contributed by atoms with Gasteiger partial charge in [-0.2, -0.15) is 18.3 Å². The number of aromatic nitrogens is 4. The number of nitrogens with one attached hydrogen (secondary N) is 1. The highest BCUT2D eigenvalue weighted by Gasteiger charge is 2.34. The molecule has 2 aromatic carbocycles. The van der Waals surface area contributed by atoms with Crippen molar-refractivity contribution in [2.24, 2.45) is 0 Å². The summed E-state index contributed by atoms with van der Waals surface area (Å²) in [5.74, 6) is -0.793. The number of halogens is 3. The van der Waals surface area contributed by atoms with Crippen LogP contribution in [0, 0.1) is 6.92 Å². The van der Waals surface area contributed by atoms with E-state index in [0.29, 0.717) is 17.8 Å². The van der Waals surface area contributed by atoms with Gasteiger partial charge in [0, 0.05) is 0 Å². The maximum Gasteiger partial charge on any atom is 0.418 e. The molecule has 0 spiro atoms. The van der Waals surface area contributed by atoms with E-state index in [1.54, 1.807) is 6.92 Å². The molecule has 0 radical (unpaired) electrons. The van der Waals surface area contributed by atoms with Crippen LogP contribution in [0.25, 0.3) is 16.8 Å². The lowest BCUT2D eigenvalue weighted by Gasteiger charge is -2.13. The third kappa shape index (κ3) is 3.74. The number of fused-ring (bicyclic) bond motifs is 1. The number of aryl methyl sites for hydroxylation is 2. The predicted octanol–water partition coefficient (Wildman–Crippen LogP) is 4.93. The van der Waals surface area contributed by atoms with Gasteiger partial charge in [-0.25, -0.2) is 4.52 Å². The average Bonchev–Trinajstić information content (AvgIpc) is 3.14. The second-order valence-electron chi connectivity index (χ2n) is 6.91. The minimum Gasteiger partial charge on any atom is -0.320 e. The Morgan fingerprint density at radius 1 is 1.03 bits per heavy atom. The van der Waals surface area contributed by atoms with Crippen molar-refractivity contribution in [2.45, 2.75) is 26.4 Å². The first-order chi connectivity index (χ1) is 14.8. The topological polar surface area (TPSA) is 72.2 Å². The summed E-state index contributed by atoms with van der Waals surface area (Å²) in [7, 11) is 0. The smallest absolute Gasteiger partial charge is 0.320 e. The van der Waals surface area contributed by atoms with Crippen LogP contribution in [0.1, 0.15) is 34.4 Å². The summed E-state index contributed by atoms with van der Waals surface area (Å²) in [4.78, 5) is 12.8. The zero-order valence-electron chi connectivity index (χ0n) is 16.7. The third-order valence-electron chi connectivity index (χ3n) is 4.93. The molecule has 0 fully saturated rings. The van der Waals surface area contributed by atoms with Gasteiger partial charge in [0.1, 0.15) is 0 Å². The molecule has 0 aliphatic carbocycles. The van der Waals surface area contributed by atoms with Crippen LogP contribution in [0.2, 0.25) is 0 Å². The number of nitrogens with zero attached hydrogens (tertiary/aromatic N) is 4. The number of hydrogen-bond acceptors (Lipinski definition) is 4. The van der Waals surface area contributed by atoms with E-state index >= 15 is 0 Å². The molecule has 9 heteroatoms. The first-order valence-corrected chi connectivity index (χ1v) is 9.59. The molecule has 0 aliphatic rings. The molecule has 158 valence electrons. The lowest BCUT2D eigenvalue weighted by molar-refractivity contribution is -0.136. The van der Waals surface area contributed by atoms with E-state index in [2.05, 4.69) is 20.6 Å². The zero-order valence-corrected chi connectivity index (χ0v) is 16.7. The summed E-state index contributed by atoms with van der Waals surface area (Å²) in [5.41, 5.74) is 1.98. The summed E-state index contributed by atoms with van der Waals surface area (Å²) < 4.78 is 41.2. The van der Waals surface area contributed by atoms with E-state index in [1.807, 2.05) is 37.3 Å². The van der Waals surface area contributed by atoms with Crippen molar-refractivity contribution in [1.82, 2.24) is 19.8 Å². The molecule has 0 saturated carbocycles. The Labute approximate surface area is 175 Å². The maximum absolute atomic E-state index is 13.2. The van der Waals surface area contributed by atoms with Gasteiger partial charge in [-0.3, -0.25) is 4.79 Å². The Hall–Kier alpha value is -3.75. The highest BCUT2D eigenvalue weighted by atomic mass is 19.4. The van der Waals surface area contributed by atoms with Crippen LogP contribution < -0.4 is 5.32 Å². The number of carbonyl (C=O) groups is 1. The van der Waals surface area contributed by atoms with Crippen LogP contribution in [-0.4, -0.2) is 25.7 Å². The maximum atomic E-state index is 13.2. The van der Waals surface area contributed by atoms with Gasteiger partial charge in [0.15, 0.2) is 11.3 Å². The van der Waals surface area contributed by atoms with Crippen molar-refractivity contribution in [3.63, 3.8) is 0 Å². The first-order valence-electron chi connectivity index (χ1n) is 9.59. The number of para-hydroxylation sites is 1. The third-order valence-corrected chi connectivity index (χ3v) is 4.93. The number of anilines is 1. The summed E-state index contributed by atoms with van der Waals surface area (Å²) in [5, 5.41) is 15.1.